The summed E-state index contributed by atoms with van der Waals surface area (Å²) < 4.78 is 5.43. The van der Waals surface area contributed by atoms with Gasteiger partial charge in [0.1, 0.15) is 11.6 Å². The number of hydrogen-bond donors (Lipinski definition) is 2. The van der Waals surface area contributed by atoms with Crippen LogP contribution >= 0.6 is 0 Å². The molecule has 0 saturated carbocycles. The SMILES string of the molecule is CC(C)(C)OC(=O)N1CCN(C(=O)C2CC(c3cccc4ccccc34)NN2)CC1. The van der Waals surface area contributed by atoms with E-state index in [9.17, 15) is 9.59 Å². The van der Waals surface area contributed by atoms with Crippen LogP contribution in [0.1, 0.15) is 38.8 Å². The number of rotatable bonds is 2. The average molecular weight is 411 g/mol. The first kappa shape index (κ1) is 20.6. The Morgan fingerprint density at radius 3 is 2.33 bits per heavy atom. The summed E-state index contributed by atoms with van der Waals surface area (Å²) in [6.45, 7) is 7.60. The van der Waals surface area contributed by atoms with E-state index in [1.165, 1.54) is 16.3 Å². The second-order valence-electron chi connectivity index (χ2n) is 8.99. The van der Waals surface area contributed by atoms with Crippen LogP contribution in [0.3, 0.4) is 0 Å². The van der Waals surface area contributed by atoms with E-state index in [0.717, 1.165) is 0 Å². The summed E-state index contributed by atoms with van der Waals surface area (Å²) in [4.78, 5) is 28.8. The minimum absolute atomic E-state index is 0.0769. The first-order valence-electron chi connectivity index (χ1n) is 10.6. The molecule has 0 spiro atoms. The normalized spacial score (nSPS) is 22.4. The summed E-state index contributed by atoms with van der Waals surface area (Å²) >= 11 is 0. The Morgan fingerprint density at radius 1 is 0.933 bits per heavy atom. The van der Waals surface area contributed by atoms with Gasteiger partial charge in [0.2, 0.25) is 5.91 Å². The second-order valence-corrected chi connectivity index (χ2v) is 8.99. The standard InChI is InChI=1S/C23H30N4O3/c1-23(2,3)30-22(29)27-13-11-26(12-14-27)21(28)20-15-19(24-25-20)18-10-6-8-16-7-4-5-9-17(16)18/h4-10,19-20,24-25H,11-15H2,1-3H3. The van der Waals surface area contributed by atoms with E-state index in [0.29, 0.717) is 32.6 Å². The summed E-state index contributed by atoms with van der Waals surface area (Å²) in [6, 6.07) is 14.4. The number of fused-ring (bicyclic) bond motifs is 1. The smallest absolute Gasteiger partial charge is 0.410 e. The van der Waals surface area contributed by atoms with Crippen LogP contribution in [0.4, 0.5) is 4.79 Å². The van der Waals surface area contributed by atoms with Crippen LogP contribution < -0.4 is 10.9 Å². The van der Waals surface area contributed by atoms with Gasteiger partial charge in [-0.1, -0.05) is 42.5 Å². The molecule has 2 aromatic carbocycles. The molecular weight excluding hydrogens is 380 g/mol. The lowest BCUT2D eigenvalue weighted by Gasteiger charge is -2.36. The predicted molar refractivity (Wildman–Crippen MR) is 116 cm³/mol. The van der Waals surface area contributed by atoms with Crippen LogP contribution in [0.15, 0.2) is 42.5 Å². The molecule has 0 aromatic heterocycles. The summed E-state index contributed by atoms with van der Waals surface area (Å²) in [7, 11) is 0. The molecule has 0 radical (unpaired) electrons. The van der Waals surface area contributed by atoms with Crippen LogP contribution in [0, 0.1) is 0 Å². The summed E-state index contributed by atoms with van der Waals surface area (Å²) in [5, 5.41) is 2.41. The van der Waals surface area contributed by atoms with Crippen LogP contribution in [0.2, 0.25) is 0 Å². The van der Waals surface area contributed by atoms with E-state index >= 15 is 0 Å². The van der Waals surface area contributed by atoms with Crippen molar-refractivity contribution in [2.75, 3.05) is 26.2 Å². The van der Waals surface area contributed by atoms with Crippen molar-refractivity contribution in [3.8, 4) is 0 Å². The molecule has 0 bridgehead atoms. The third-order valence-corrected chi connectivity index (χ3v) is 5.64. The number of hydrazine groups is 1. The zero-order valence-corrected chi connectivity index (χ0v) is 17.9. The maximum atomic E-state index is 13.0. The molecule has 2 aliphatic heterocycles. The van der Waals surface area contributed by atoms with E-state index in [2.05, 4.69) is 41.2 Å². The highest BCUT2D eigenvalue weighted by Crippen LogP contribution is 2.29. The molecule has 7 heteroatoms. The Bertz CT molecular complexity index is 926. The predicted octanol–water partition coefficient (Wildman–Crippen LogP) is 2.83. The lowest BCUT2D eigenvalue weighted by Crippen LogP contribution is -2.55. The van der Waals surface area contributed by atoms with Crippen LogP contribution in [0.25, 0.3) is 10.8 Å². The minimum Gasteiger partial charge on any atom is -0.444 e. The molecule has 2 aromatic rings. The lowest BCUT2D eigenvalue weighted by atomic mass is 9.96. The molecule has 160 valence electrons. The number of ether oxygens (including phenoxy) is 1. The van der Waals surface area contributed by atoms with Gasteiger partial charge in [-0.2, -0.15) is 0 Å². The van der Waals surface area contributed by atoms with Crippen LogP contribution in [-0.4, -0.2) is 59.6 Å². The molecule has 7 nitrogen and oxygen atoms in total. The third-order valence-electron chi connectivity index (χ3n) is 5.64. The molecule has 2 amide bonds. The molecule has 4 rings (SSSR count). The molecular formula is C23H30N4O3. The van der Waals surface area contributed by atoms with Gasteiger partial charge in [0.15, 0.2) is 0 Å². The van der Waals surface area contributed by atoms with Gasteiger partial charge in [-0.15, -0.1) is 0 Å². The highest BCUT2D eigenvalue weighted by Gasteiger charge is 2.35. The Hall–Kier alpha value is -2.64. The average Bonchev–Trinajstić information content (AvgIpc) is 3.22. The third kappa shape index (κ3) is 4.42. The number of nitrogens with one attached hydrogen (secondary N) is 2. The van der Waals surface area contributed by atoms with E-state index in [1.807, 2.05) is 37.8 Å². The number of amides is 2. The summed E-state index contributed by atoms with van der Waals surface area (Å²) in [5.74, 6) is 0.0778. The molecule has 2 fully saturated rings. The van der Waals surface area contributed by atoms with Gasteiger partial charge in [0.05, 0.1) is 0 Å². The topological polar surface area (TPSA) is 73.9 Å². The van der Waals surface area contributed by atoms with Gasteiger partial charge in [-0.25, -0.2) is 15.6 Å². The molecule has 2 N–H and O–H groups in total. The first-order chi connectivity index (χ1) is 14.3. The highest BCUT2D eigenvalue weighted by atomic mass is 16.6. The van der Waals surface area contributed by atoms with Gasteiger partial charge in [-0.05, 0) is 43.5 Å². The molecule has 2 atom stereocenters. The van der Waals surface area contributed by atoms with Gasteiger partial charge in [-0.3, -0.25) is 4.79 Å². The van der Waals surface area contributed by atoms with Crippen LogP contribution in [0.5, 0.6) is 0 Å². The van der Waals surface area contributed by atoms with E-state index in [1.54, 1.807) is 4.90 Å². The summed E-state index contributed by atoms with van der Waals surface area (Å²) in [5.41, 5.74) is 7.18. The molecule has 0 aliphatic carbocycles. The molecule has 2 aliphatic rings. The van der Waals surface area contributed by atoms with Crippen molar-refractivity contribution >= 4 is 22.8 Å². The maximum absolute atomic E-state index is 13.0. The molecule has 30 heavy (non-hydrogen) atoms. The van der Waals surface area contributed by atoms with Crippen molar-refractivity contribution in [1.82, 2.24) is 20.7 Å². The summed E-state index contributed by atoms with van der Waals surface area (Å²) in [6.07, 6.45) is 0.380. The number of benzene rings is 2. The fourth-order valence-corrected chi connectivity index (χ4v) is 4.13. The number of piperazine rings is 1. The van der Waals surface area contributed by atoms with E-state index in [4.69, 9.17) is 4.74 Å². The number of carbonyl (C=O) groups excluding carboxylic acids is 2. The molecule has 2 heterocycles. The van der Waals surface area contributed by atoms with Crippen molar-refractivity contribution in [2.45, 2.75) is 44.9 Å². The number of nitrogens with zero attached hydrogens (tertiary/aromatic N) is 2. The Kier molecular flexibility index (Phi) is 5.66. The Morgan fingerprint density at radius 2 is 1.60 bits per heavy atom. The van der Waals surface area contributed by atoms with Gasteiger partial charge in [0, 0.05) is 32.2 Å². The van der Waals surface area contributed by atoms with Crippen molar-refractivity contribution in [3.05, 3.63) is 48.0 Å². The highest BCUT2D eigenvalue weighted by molar-refractivity contribution is 5.87. The first-order valence-corrected chi connectivity index (χ1v) is 10.6. The molecule has 2 unspecified atom stereocenters. The fourth-order valence-electron chi connectivity index (χ4n) is 4.13. The zero-order chi connectivity index (χ0) is 21.3. The lowest BCUT2D eigenvalue weighted by molar-refractivity contribution is -0.135. The van der Waals surface area contributed by atoms with Crippen molar-refractivity contribution in [1.29, 1.82) is 0 Å². The van der Waals surface area contributed by atoms with Crippen LogP contribution in [-0.2, 0) is 9.53 Å². The van der Waals surface area contributed by atoms with Gasteiger partial charge >= 0.3 is 6.09 Å². The largest absolute Gasteiger partial charge is 0.444 e. The van der Waals surface area contributed by atoms with Crippen molar-refractivity contribution < 1.29 is 14.3 Å². The number of carbonyl (C=O) groups is 2. The minimum atomic E-state index is -0.514. The fraction of sp³-hybridized carbons (Fsp3) is 0.478. The maximum Gasteiger partial charge on any atom is 0.410 e. The Balaban J connectivity index is 1.35. The van der Waals surface area contributed by atoms with Crippen molar-refractivity contribution in [2.24, 2.45) is 0 Å². The number of hydrogen-bond acceptors (Lipinski definition) is 5. The van der Waals surface area contributed by atoms with Gasteiger partial charge in [0.25, 0.3) is 0 Å². The second kappa shape index (κ2) is 8.24. The monoisotopic (exact) mass is 410 g/mol. The quantitative estimate of drug-likeness (QED) is 0.797. The molecule has 2 saturated heterocycles. The van der Waals surface area contributed by atoms with E-state index in [-0.39, 0.29) is 24.1 Å². The van der Waals surface area contributed by atoms with Gasteiger partial charge < -0.3 is 14.5 Å². The Labute approximate surface area is 177 Å². The van der Waals surface area contributed by atoms with Crippen molar-refractivity contribution in [3.63, 3.8) is 0 Å². The zero-order valence-electron chi connectivity index (χ0n) is 17.9. The van der Waals surface area contributed by atoms with E-state index < -0.39 is 5.60 Å².